The van der Waals surface area contributed by atoms with Gasteiger partial charge in [0, 0.05) is 0 Å². The maximum atomic E-state index is 9.70. The fraction of sp³-hybridized carbons (Fsp3) is 0.500. The summed E-state index contributed by atoms with van der Waals surface area (Å²) in [7, 11) is 0. The average Bonchev–Trinajstić information content (AvgIpc) is 2.14. The summed E-state index contributed by atoms with van der Waals surface area (Å²) in [5.41, 5.74) is 0. The number of carbonyl (C=O) groups is 1. The standard InChI is InChI=1S/C2H2N4O/c7-1-2-3-5-6-4-2/h1-2H. The third-order valence-electron chi connectivity index (χ3n) is 0.502. The van der Waals surface area contributed by atoms with Gasteiger partial charge in [-0.1, -0.05) is 0 Å². The molecular formula is C2H2N4O. The molecule has 0 N–H and O–H groups in total. The smallest absolute Gasteiger partial charge is 0.239 e. The van der Waals surface area contributed by atoms with Crippen LogP contribution in [0.2, 0.25) is 0 Å². The van der Waals surface area contributed by atoms with Gasteiger partial charge in [-0.15, -0.1) is 10.2 Å². The second kappa shape index (κ2) is 1.55. The zero-order valence-corrected chi connectivity index (χ0v) is 3.35. The van der Waals surface area contributed by atoms with E-state index in [0.717, 1.165) is 0 Å². The number of aldehydes is 1. The van der Waals surface area contributed by atoms with Gasteiger partial charge in [-0.2, -0.15) is 0 Å². The molecule has 5 nitrogen and oxygen atoms in total. The van der Waals surface area contributed by atoms with Crippen LogP contribution < -0.4 is 0 Å². The summed E-state index contributed by atoms with van der Waals surface area (Å²) in [4.78, 5) is 9.70. The zero-order valence-electron chi connectivity index (χ0n) is 3.35. The van der Waals surface area contributed by atoms with Gasteiger partial charge in [-0.05, 0) is 10.4 Å². The van der Waals surface area contributed by atoms with Crippen LogP contribution in [0, 0.1) is 0 Å². The first-order chi connectivity index (χ1) is 3.43. The Labute approximate surface area is 39.1 Å². The summed E-state index contributed by atoms with van der Waals surface area (Å²) >= 11 is 0. The average molecular weight is 98.1 g/mol. The van der Waals surface area contributed by atoms with Gasteiger partial charge >= 0.3 is 0 Å². The molecule has 0 unspecified atom stereocenters. The zero-order chi connectivity index (χ0) is 5.11. The number of hydrogen-bond donors (Lipinski definition) is 0. The Morgan fingerprint density at radius 3 is 2.14 bits per heavy atom. The molecule has 0 bridgehead atoms. The van der Waals surface area contributed by atoms with E-state index in [1.54, 1.807) is 0 Å². The molecule has 0 saturated heterocycles. The third-order valence-corrected chi connectivity index (χ3v) is 0.502. The number of hydrogen-bond acceptors (Lipinski definition) is 5. The van der Waals surface area contributed by atoms with Crippen LogP contribution in [-0.4, -0.2) is 12.5 Å². The van der Waals surface area contributed by atoms with E-state index in [1.165, 1.54) is 0 Å². The Bertz CT molecular complexity index is 116. The van der Waals surface area contributed by atoms with Crippen LogP contribution in [0.5, 0.6) is 0 Å². The summed E-state index contributed by atoms with van der Waals surface area (Å²) in [6.07, 6.45) is -0.0972. The van der Waals surface area contributed by atoms with E-state index in [9.17, 15) is 4.79 Å². The van der Waals surface area contributed by atoms with Gasteiger partial charge in [0.05, 0.1) is 0 Å². The summed E-state index contributed by atoms with van der Waals surface area (Å²) in [6, 6.07) is 0. The third kappa shape index (κ3) is 0.648. The molecule has 1 heterocycles. The van der Waals surface area contributed by atoms with Crippen LogP contribution in [-0.2, 0) is 4.79 Å². The van der Waals surface area contributed by atoms with E-state index in [2.05, 4.69) is 20.7 Å². The fourth-order valence-electron chi connectivity index (χ4n) is 0.230. The van der Waals surface area contributed by atoms with Gasteiger partial charge in [0.25, 0.3) is 0 Å². The van der Waals surface area contributed by atoms with Crippen molar-refractivity contribution >= 4 is 6.29 Å². The lowest BCUT2D eigenvalue weighted by molar-refractivity contribution is -0.108. The molecule has 1 rings (SSSR count). The van der Waals surface area contributed by atoms with Crippen LogP contribution in [0.15, 0.2) is 20.7 Å². The second-order valence-corrected chi connectivity index (χ2v) is 0.960. The van der Waals surface area contributed by atoms with Crippen LogP contribution in [0.1, 0.15) is 0 Å². The second-order valence-electron chi connectivity index (χ2n) is 0.960. The van der Waals surface area contributed by atoms with Crippen LogP contribution in [0.4, 0.5) is 0 Å². The molecule has 36 valence electrons. The molecule has 0 aromatic carbocycles. The van der Waals surface area contributed by atoms with Gasteiger partial charge in [0.1, 0.15) is 0 Å². The van der Waals surface area contributed by atoms with E-state index in [0.29, 0.717) is 6.29 Å². The maximum Gasteiger partial charge on any atom is 0.239 e. The van der Waals surface area contributed by atoms with Crippen molar-refractivity contribution in [2.45, 2.75) is 6.17 Å². The largest absolute Gasteiger partial charge is 0.299 e. The Morgan fingerprint density at radius 1 is 1.29 bits per heavy atom. The van der Waals surface area contributed by atoms with Crippen molar-refractivity contribution in [1.29, 1.82) is 0 Å². The Hall–Kier alpha value is -1.13. The number of nitrogens with zero attached hydrogens (tertiary/aromatic N) is 4. The van der Waals surface area contributed by atoms with Crippen molar-refractivity contribution in [2.75, 3.05) is 0 Å². The molecule has 0 aromatic heterocycles. The van der Waals surface area contributed by atoms with Crippen molar-refractivity contribution in [3.8, 4) is 0 Å². The molecule has 0 atom stereocenters. The monoisotopic (exact) mass is 98.0 g/mol. The lowest BCUT2D eigenvalue weighted by Crippen LogP contribution is -1.94. The number of carbonyl (C=O) groups excluding carboxylic acids is 1. The SMILES string of the molecule is O=CC1N=NN=N1. The van der Waals surface area contributed by atoms with Gasteiger partial charge < -0.3 is 0 Å². The maximum absolute atomic E-state index is 9.70. The minimum Gasteiger partial charge on any atom is -0.299 e. The van der Waals surface area contributed by atoms with Gasteiger partial charge in [-0.25, -0.2) is 0 Å². The van der Waals surface area contributed by atoms with Crippen LogP contribution in [0.3, 0.4) is 0 Å². The molecule has 1 aliphatic rings. The van der Waals surface area contributed by atoms with Gasteiger partial charge in [-0.3, -0.25) is 4.79 Å². The first kappa shape index (κ1) is 4.04. The molecule has 0 amide bonds. The highest BCUT2D eigenvalue weighted by Crippen LogP contribution is 1.99. The molecule has 1 aliphatic heterocycles. The molecule has 0 saturated carbocycles. The molecule has 0 fully saturated rings. The molecule has 0 spiro atoms. The Balaban J connectivity index is 2.59. The minimum absolute atomic E-state index is 0.569. The van der Waals surface area contributed by atoms with Crippen LogP contribution in [0.25, 0.3) is 0 Å². The van der Waals surface area contributed by atoms with Crippen molar-refractivity contribution in [2.24, 2.45) is 20.7 Å². The normalized spacial score (nSPS) is 18.3. The van der Waals surface area contributed by atoms with Crippen molar-refractivity contribution in [3.05, 3.63) is 0 Å². The minimum atomic E-state index is -0.667. The van der Waals surface area contributed by atoms with E-state index in [-0.39, 0.29) is 0 Å². The highest BCUT2D eigenvalue weighted by atomic mass is 16.1. The first-order valence-electron chi connectivity index (χ1n) is 1.69. The summed E-state index contributed by atoms with van der Waals surface area (Å²) in [5, 5.41) is 12.7. The van der Waals surface area contributed by atoms with E-state index < -0.39 is 6.17 Å². The van der Waals surface area contributed by atoms with Crippen LogP contribution >= 0.6 is 0 Å². The van der Waals surface area contributed by atoms with Crippen molar-refractivity contribution < 1.29 is 4.79 Å². The summed E-state index contributed by atoms with van der Waals surface area (Å²) in [5.74, 6) is 0. The molecule has 0 aliphatic carbocycles. The predicted octanol–water partition coefficient (Wildman–Crippen LogP) is 0.344. The van der Waals surface area contributed by atoms with E-state index >= 15 is 0 Å². The molecule has 0 radical (unpaired) electrons. The molecule has 0 aromatic rings. The van der Waals surface area contributed by atoms with Gasteiger partial charge in [0.2, 0.25) is 6.17 Å². The quantitative estimate of drug-likeness (QED) is 0.436. The lowest BCUT2D eigenvalue weighted by Gasteiger charge is -1.76. The molecule has 5 heteroatoms. The van der Waals surface area contributed by atoms with Gasteiger partial charge in [0.15, 0.2) is 6.29 Å². The summed E-state index contributed by atoms with van der Waals surface area (Å²) < 4.78 is 0. The fourth-order valence-corrected chi connectivity index (χ4v) is 0.230. The number of rotatable bonds is 1. The van der Waals surface area contributed by atoms with E-state index in [1.807, 2.05) is 0 Å². The Kier molecular flexibility index (Phi) is 0.892. The topological polar surface area (TPSA) is 66.5 Å². The molecular weight excluding hydrogens is 96.0 g/mol. The van der Waals surface area contributed by atoms with Crippen molar-refractivity contribution in [1.82, 2.24) is 0 Å². The van der Waals surface area contributed by atoms with Crippen molar-refractivity contribution in [3.63, 3.8) is 0 Å². The first-order valence-corrected chi connectivity index (χ1v) is 1.69. The highest BCUT2D eigenvalue weighted by Gasteiger charge is 2.03. The predicted molar refractivity (Wildman–Crippen MR) is 19.6 cm³/mol. The lowest BCUT2D eigenvalue weighted by atomic mass is 10.6. The highest BCUT2D eigenvalue weighted by molar-refractivity contribution is 5.56. The molecule has 7 heavy (non-hydrogen) atoms. The Morgan fingerprint density at radius 2 is 1.86 bits per heavy atom. The summed E-state index contributed by atoms with van der Waals surface area (Å²) in [6.45, 7) is 0. The van der Waals surface area contributed by atoms with E-state index in [4.69, 9.17) is 0 Å².